The fraction of sp³-hybridized carbons (Fsp3) is 0.550. The topological polar surface area (TPSA) is 97.5 Å². The zero-order valence-electron chi connectivity index (χ0n) is 17.6. The third-order valence-corrected chi connectivity index (χ3v) is 4.79. The van der Waals surface area contributed by atoms with Crippen LogP contribution in [0.25, 0.3) is 11.4 Å². The number of hydrogen-bond donors (Lipinski definition) is 2. The van der Waals surface area contributed by atoms with Gasteiger partial charge in [0.25, 0.3) is 5.91 Å². The smallest absolute Gasteiger partial charge is 0.275 e. The summed E-state index contributed by atoms with van der Waals surface area (Å²) in [5.74, 6) is 0.524. The highest BCUT2D eigenvalue weighted by atomic mass is 16.2. The number of aryl methyl sites for hydroxylation is 1. The first-order valence-electron chi connectivity index (χ1n) is 9.97. The van der Waals surface area contributed by atoms with Crippen molar-refractivity contribution in [3.05, 3.63) is 29.8 Å². The lowest BCUT2D eigenvalue weighted by molar-refractivity contribution is -0.896. The van der Waals surface area contributed by atoms with Crippen molar-refractivity contribution in [2.45, 2.75) is 39.8 Å². The van der Waals surface area contributed by atoms with E-state index >= 15 is 0 Å². The van der Waals surface area contributed by atoms with Gasteiger partial charge in [0.15, 0.2) is 6.54 Å². The van der Waals surface area contributed by atoms with Crippen molar-refractivity contribution in [1.29, 1.82) is 0 Å². The van der Waals surface area contributed by atoms with E-state index < -0.39 is 0 Å². The second kappa shape index (κ2) is 8.69. The molecule has 0 atom stereocenters. The van der Waals surface area contributed by atoms with Gasteiger partial charge in [-0.05, 0) is 32.9 Å². The van der Waals surface area contributed by atoms with E-state index in [-0.39, 0.29) is 23.9 Å². The molecule has 2 heterocycles. The number of rotatable bonds is 5. The second-order valence-corrected chi connectivity index (χ2v) is 8.62. The molecule has 29 heavy (non-hydrogen) atoms. The molecule has 1 aliphatic heterocycles. The molecule has 0 saturated carbocycles. The summed E-state index contributed by atoms with van der Waals surface area (Å²) < 4.78 is 0. The summed E-state index contributed by atoms with van der Waals surface area (Å²) in [5.41, 5.74) is 1.81. The van der Waals surface area contributed by atoms with Gasteiger partial charge in [-0.3, -0.25) is 9.59 Å². The highest BCUT2D eigenvalue weighted by Crippen LogP contribution is 2.13. The number of nitrogens with one attached hydrogen (secondary N) is 2. The van der Waals surface area contributed by atoms with Crippen LogP contribution < -0.4 is 10.2 Å². The largest absolute Gasteiger partial charge is 0.347 e. The van der Waals surface area contributed by atoms with Crippen molar-refractivity contribution in [3.63, 3.8) is 0 Å². The van der Waals surface area contributed by atoms with Crippen LogP contribution in [0.15, 0.2) is 24.3 Å². The van der Waals surface area contributed by atoms with Gasteiger partial charge in [0.1, 0.15) is 6.54 Å². The predicted molar refractivity (Wildman–Crippen MR) is 108 cm³/mol. The maximum Gasteiger partial charge on any atom is 0.275 e. The van der Waals surface area contributed by atoms with Gasteiger partial charge in [-0.25, -0.2) is 0 Å². The predicted octanol–water partition coefficient (Wildman–Crippen LogP) is -0.710. The minimum Gasteiger partial charge on any atom is -0.347 e. The monoisotopic (exact) mass is 400 g/mol. The first kappa shape index (κ1) is 20.9. The van der Waals surface area contributed by atoms with Crippen LogP contribution in [0.5, 0.6) is 0 Å². The van der Waals surface area contributed by atoms with Gasteiger partial charge in [-0.1, -0.05) is 29.8 Å². The lowest BCUT2D eigenvalue weighted by atomic mass is 10.1. The minimum absolute atomic E-state index is 0.0314. The molecule has 1 aromatic heterocycles. The number of amides is 2. The van der Waals surface area contributed by atoms with Crippen LogP contribution in [-0.2, 0) is 16.1 Å². The Bertz CT molecular complexity index is 846. The molecule has 0 spiro atoms. The van der Waals surface area contributed by atoms with Crippen molar-refractivity contribution in [3.8, 4) is 11.4 Å². The Morgan fingerprint density at radius 3 is 2.41 bits per heavy atom. The molecular weight excluding hydrogens is 370 g/mol. The van der Waals surface area contributed by atoms with Gasteiger partial charge in [0, 0.05) is 11.1 Å². The highest BCUT2D eigenvalue weighted by Gasteiger charge is 2.26. The number of quaternary nitrogens is 1. The summed E-state index contributed by atoms with van der Waals surface area (Å²) in [4.78, 5) is 29.0. The second-order valence-electron chi connectivity index (χ2n) is 8.62. The van der Waals surface area contributed by atoms with E-state index in [4.69, 9.17) is 0 Å². The average Bonchev–Trinajstić information content (AvgIpc) is 3.09. The van der Waals surface area contributed by atoms with Crippen LogP contribution in [-0.4, -0.2) is 75.2 Å². The molecular formula is C20H30N7O2+. The molecule has 9 heteroatoms. The van der Waals surface area contributed by atoms with Crippen LogP contribution in [0, 0.1) is 6.92 Å². The molecule has 0 radical (unpaired) electrons. The Balaban J connectivity index is 1.48. The van der Waals surface area contributed by atoms with Crippen molar-refractivity contribution >= 4 is 11.8 Å². The van der Waals surface area contributed by atoms with Crippen molar-refractivity contribution in [1.82, 2.24) is 30.4 Å². The third kappa shape index (κ3) is 6.08. The summed E-state index contributed by atoms with van der Waals surface area (Å²) >= 11 is 0. The molecule has 2 amide bonds. The molecule has 1 aromatic carbocycles. The summed E-state index contributed by atoms with van der Waals surface area (Å²) in [6.45, 7) is 11.2. The van der Waals surface area contributed by atoms with E-state index in [2.05, 4.69) is 20.7 Å². The number of carbonyl (C=O) groups is 2. The average molecular weight is 401 g/mol. The van der Waals surface area contributed by atoms with E-state index in [1.54, 1.807) is 4.90 Å². The minimum atomic E-state index is -0.226. The molecule has 9 nitrogen and oxygen atoms in total. The SMILES string of the molecule is Cc1ccc(-c2nnn(CC(=O)N3CC[NH+](CC(=O)NC(C)(C)C)CC3)n2)cc1. The molecule has 1 aliphatic rings. The third-order valence-electron chi connectivity index (χ3n) is 4.79. The Labute approximate surface area is 171 Å². The number of nitrogens with zero attached hydrogens (tertiary/aromatic N) is 5. The summed E-state index contributed by atoms with van der Waals surface area (Å²) in [5, 5.41) is 15.4. The number of piperazine rings is 1. The molecule has 156 valence electrons. The normalized spacial score (nSPS) is 15.4. The van der Waals surface area contributed by atoms with Crippen LogP contribution in [0.1, 0.15) is 26.3 Å². The van der Waals surface area contributed by atoms with Gasteiger partial charge in [0.05, 0.1) is 26.2 Å². The lowest BCUT2D eigenvalue weighted by Gasteiger charge is -2.32. The van der Waals surface area contributed by atoms with Gasteiger partial charge >= 0.3 is 0 Å². The Morgan fingerprint density at radius 1 is 1.14 bits per heavy atom. The first-order valence-corrected chi connectivity index (χ1v) is 9.97. The number of hydrogen-bond acceptors (Lipinski definition) is 5. The summed E-state index contributed by atoms with van der Waals surface area (Å²) in [6, 6.07) is 7.86. The Hall–Kier alpha value is -2.81. The molecule has 0 bridgehead atoms. The van der Waals surface area contributed by atoms with Gasteiger partial charge < -0.3 is 15.1 Å². The zero-order valence-corrected chi connectivity index (χ0v) is 17.6. The lowest BCUT2D eigenvalue weighted by Crippen LogP contribution is -3.16. The van der Waals surface area contributed by atoms with E-state index in [0.29, 0.717) is 25.5 Å². The van der Waals surface area contributed by atoms with Crippen molar-refractivity contribution < 1.29 is 14.5 Å². The fourth-order valence-corrected chi connectivity index (χ4v) is 3.29. The molecule has 3 rings (SSSR count). The van der Waals surface area contributed by atoms with Crippen LogP contribution in [0.3, 0.4) is 0 Å². The standard InChI is InChI=1S/C20H29N7O2/c1-15-5-7-16(8-6-15)19-22-24-27(23-19)14-18(29)26-11-9-25(10-12-26)13-17(28)21-20(2,3)4/h5-8H,9-14H2,1-4H3,(H,21,28)/p+1. The van der Waals surface area contributed by atoms with E-state index in [9.17, 15) is 9.59 Å². The molecule has 2 aromatic rings. The van der Waals surface area contributed by atoms with E-state index in [1.807, 2.05) is 52.0 Å². The molecule has 0 aliphatic carbocycles. The first-order chi connectivity index (χ1) is 13.7. The van der Waals surface area contributed by atoms with Crippen LogP contribution in [0.2, 0.25) is 0 Å². The maximum atomic E-state index is 12.6. The molecule has 0 unspecified atom stereocenters. The molecule has 1 fully saturated rings. The van der Waals surface area contributed by atoms with Crippen LogP contribution in [0.4, 0.5) is 0 Å². The molecule has 1 saturated heterocycles. The summed E-state index contributed by atoms with van der Waals surface area (Å²) in [6.07, 6.45) is 0. The maximum absolute atomic E-state index is 12.6. The van der Waals surface area contributed by atoms with Gasteiger partial charge in [-0.15, -0.1) is 10.2 Å². The highest BCUT2D eigenvalue weighted by molar-refractivity contribution is 5.77. The Morgan fingerprint density at radius 2 is 1.79 bits per heavy atom. The van der Waals surface area contributed by atoms with Crippen molar-refractivity contribution in [2.75, 3.05) is 32.7 Å². The number of tetrazole rings is 1. The van der Waals surface area contributed by atoms with E-state index in [1.165, 1.54) is 9.70 Å². The van der Waals surface area contributed by atoms with E-state index in [0.717, 1.165) is 24.2 Å². The number of aromatic nitrogens is 4. The summed E-state index contributed by atoms with van der Waals surface area (Å²) in [7, 11) is 0. The number of carbonyl (C=O) groups excluding carboxylic acids is 2. The van der Waals surface area contributed by atoms with Crippen LogP contribution >= 0.6 is 0 Å². The number of benzene rings is 1. The van der Waals surface area contributed by atoms with Gasteiger partial charge in [0.2, 0.25) is 11.7 Å². The Kier molecular flexibility index (Phi) is 6.26. The molecule has 2 N–H and O–H groups in total. The van der Waals surface area contributed by atoms with Gasteiger partial charge in [-0.2, -0.15) is 4.80 Å². The van der Waals surface area contributed by atoms with Crippen molar-refractivity contribution in [2.24, 2.45) is 0 Å². The quantitative estimate of drug-likeness (QED) is 0.691. The zero-order chi connectivity index (χ0) is 21.0. The fourth-order valence-electron chi connectivity index (χ4n) is 3.29.